The average molecular weight is 382 g/mol. The molecule has 1 fully saturated rings. The highest BCUT2D eigenvalue weighted by atomic mass is 16.6. The van der Waals surface area contributed by atoms with Crippen LogP contribution in [0.15, 0.2) is 30.6 Å². The van der Waals surface area contributed by atoms with E-state index in [4.69, 9.17) is 9.47 Å². The number of ketones is 1. The van der Waals surface area contributed by atoms with Crippen molar-refractivity contribution in [2.45, 2.75) is 0 Å². The molecule has 0 unspecified atom stereocenters. The minimum absolute atomic E-state index is 0.393. The van der Waals surface area contributed by atoms with Crippen LogP contribution in [0.4, 0.5) is 11.6 Å². The van der Waals surface area contributed by atoms with Gasteiger partial charge in [-0.2, -0.15) is 0 Å². The van der Waals surface area contributed by atoms with Crippen LogP contribution in [0.25, 0.3) is 0 Å². The van der Waals surface area contributed by atoms with Crippen molar-refractivity contribution in [3.63, 3.8) is 0 Å². The van der Waals surface area contributed by atoms with Crippen molar-refractivity contribution in [3.8, 4) is 11.5 Å². The molecule has 1 N–H and O–H groups in total. The molecule has 0 spiro atoms. The van der Waals surface area contributed by atoms with Crippen molar-refractivity contribution in [1.29, 1.82) is 0 Å². The van der Waals surface area contributed by atoms with E-state index in [1.807, 2.05) is 0 Å². The molecular formula is C19H20N5O4+. The molecule has 1 aromatic heterocycles. The standard InChI is InChI=1S/C19H19N5O4/c25-17-13-10-15-16(28-9-8-27-15)11-14(13)24(18(17)26)12-22-4-6-23(7-5-22)19-20-2-1-3-21-19/h1-3,10-11H,4-9,12H2/p+1. The van der Waals surface area contributed by atoms with Crippen LogP contribution in [0.3, 0.4) is 0 Å². The first-order valence-electron chi connectivity index (χ1n) is 9.36. The minimum Gasteiger partial charge on any atom is -0.486 e. The molecule has 9 nitrogen and oxygen atoms in total. The summed E-state index contributed by atoms with van der Waals surface area (Å²) in [4.78, 5) is 38.6. The molecule has 0 atom stereocenters. The number of piperazine rings is 1. The third-order valence-electron chi connectivity index (χ3n) is 5.32. The Hall–Kier alpha value is -3.20. The van der Waals surface area contributed by atoms with Crippen molar-refractivity contribution in [1.82, 2.24) is 9.97 Å². The molecule has 0 aliphatic carbocycles. The number of carbonyl (C=O) groups is 2. The highest BCUT2D eigenvalue weighted by Crippen LogP contribution is 2.40. The fraction of sp³-hybridized carbons (Fsp3) is 0.368. The second-order valence-corrected chi connectivity index (χ2v) is 7.02. The van der Waals surface area contributed by atoms with Gasteiger partial charge in [-0.25, -0.2) is 9.97 Å². The van der Waals surface area contributed by atoms with E-state index >= 15 is 0 Å². The molecule has 28 heavy (non-hydrogen) atoms. The van der Waals surface area contributed by atoms with Crippen molar-refractivity contribution in [3.05, 3.63) is 36.2 Å². The number of rotatable bonds is 3. The van der Waals surface area contributed by atoms with Gasteiger partial charge in [-0.05, 0) is 12.1 Å². The van der Waals surface area contributed by atoms with E-state index in [0.717, 1.165) is 32.1 Å². The smallest absolute Gasteiger partial charge is 0.303 e. The number of hydrogen-bond acceptors (Lipinski definition) is 7. The Morgan fingerprint density at radius 3 is 2.39 bits per heavy atom. The lowest BCUT2D eigenvalue weighted by Gasteiger charge is -2.34. The summed E-state index contributed by atoms with van der Waals surface area (Å²) in [6.07, 6.45) is 3.47. The number of anilines is 2. The summed E-state index contributed by atoms with van der Waals surface area (Å²) in [5, 5.41) is 0. The zero-order chi connectivity index (χ0) is 19.1. The summed E-state index contributed by atoms with van der Waals surface area (Å²) in [5.41, 5.74) is 1.01. The van der Waals surface area contributed by atoms with Crippen LogP contribution in [-0.4, -0.2) is 67.7 Å². The Bertz CT molecular complexity index is 927. The molecule has 0 saturated carbocycles. The number of aromatic nitrogens is 2. The molecule has 4 heterocycles. The van der Waals surface area contributed by atoms with Crippen LogP contribution < -0.4 is 24.2 Å². The van der Waals surface area contributed by atoms with Gasteiger partial charge in [-0.15, -0.1) is 0 Å². The Kier molecular flexibility index (Phi) is 4.09. The molecule has 144 valence electrons. The predicted octanol–water partition coefficient (Wildman–Crippen LogP) is -0.860. The van der Waals surface area contributed by atoms with E-state index in [9.17, 15) is 9.59 Å². The molecule has 3 aliphatic heterocycles. The summed E-state index contributed by atoms with van der Waals surface area (Å²) in [6.45, 7) is 4.60. The molecule has 3 aliphatic rings. The van der Waals surface area contributed by atoms with Crippen LogP contribution in [0, 0.1) is 0 Å². The predicted molar refractivity (Wildman–Crippen MR) is 99.1 cm³/mol. The normalized spacial score (nSPS) is 19.1. The van der Waals surface area contributed by atoms with Crippen molar-refractivity contribution in [2.75, 3.05) is 55.9 Å². The van der Waals surface area contributed by atoms with Gasteiger partial charge in [-0.3, -0.25) is 14.5 Å². The summed E-state index contributed by atoms with van der Waals surface area (Å²) in [5.74, 6) is 0.861. The van der Waals surface area contributed by atoms with Gasteiger partial charge in [-0.1, -0.05) is 0 Å². The number of Topliss-reactive ketones (excluding diaryl/α,β-unsaturated/α-hetero) is 1. The van der Waals surface area contributed by atoms with E-state index < -0.39 is 11.7 Å². The lowest BCUT2D eigenvalue weighted by molar-refractivity contribution is -0.899. The highest BCUT2D eigenvalue weighted by molar-refractivity contribution is 6.52. The van der Waals surface area contributed by atoms with Crippen molar-refractivity contribution < 1.29 is 24.0 Å². The van der Waals surface area contributed by atoms with E-state index in [1.54, 1.807) is 35.5 Å². The first kappa shape index (κ1) is 16.9. The molecule has 5 rings (SSSR count). The highest BCUT2D eigenvalue weighted by Gasteiger charge is 2.40. The molecule has 0 radical (unpaired) electrons. The molecule has 2 aromatic rings. The van der Waals surface area contributed by atoms with Crippen molar-refractivity contribution in [2.24, 2.45) is 0 Å². The SMILES string of the molecule is O=C1C(=O)N(C[NH+]2CCN(c3ncccn3)CC2)c2cc3c(cc21)OCCO3. The van der Waals surface area contributed by atoms with Crippen LogP contribution >= 0.6 is 0 Å². The number of fused-ring (bicyclic) bond motifs is 2. The Labute approximate surface area is 161 Å². The maximum atomic E-state index is 12.6. The Morgan fingerprint density at radius 2 is 1.68 bits per heavy atom. The molecular weight excluding hydrogens is 362 g/mol. The lowest BCUT2D eigenvalue weighted by atomic mass is 10.1. The Morgan fingerprint density at radius 1 is 1.00 bits per heavy atom. The summed E-state index contributed by atoms with van der Waals surface area (Å²) >= 11 is 0. The van der Waals surface area contributed by atoms with E-state index in [2.05, 4.69) is 14.9 Å². The molecule has 1 aromatic carbocycles. The first-order valence-corrected chi connectivity index (χ1v) is 9.36. The number of benzene rings is 1. The average Bonchev–Trinajstić information content (AvgIpc) is 2.98. The molecule has 1 amide bonds. The zero-order valence-corrected chi connectivity index (χ0v) is 15.3. The number of quaternary nitrogens is 1. The van der Waals surface area contributed by atoms with E-state index in [-0.39, 0.29) is 0 Å². The van der Waals surface area contributed by atoms with Gasteiger partial charge in [0.15, 0.2) is 18.2 Å². The lowest BCUT2D eigenvalue weighted by Crippen LogP contribution is -3.16. The third-order valence-corrected chi connectivity index (χ3v) is 5.32. The molecule has 9 heteroatoms. The van der Waals surface area contributed by atoms with Crippen LogP contribution in [0.1, 0.15) is 10.4 Å². The first-order chi connectivity index (χ1) is 13.7. The van der Waals surface area contributed by atoms with Gasteiger partial charge in [0.2, 0.25) is 5.95 Å². The van der Waals surface area contributed by atoms with Crippen LogP contribution in [0.5, 0.6) is 11.5 Å². The van der Waals surface area contributed by atoms with Gasteiger partial charge in [0, 0.05) is 18.5 Å². The number of amides is 1. The van der Waals surface area contributed by atoms with E-state index in [1.165, 1.54) is 4.90 Å². The third kappa shape index (κ3) is 2.84. The number of hydrogen-bond donors (Lipinski definition) is 1. The van der Waals surface area contributed by atoms with E-state index in [0.29, 0.717) is 42.6 Å². The molecule has 0 bridgehead atoms. The number of nitrogens with zero attached hydrogens (tertiary/aromatic N) is 4. The zero-order valence-electron chi connectivity index (χ0n) is 15.3. The molecule has 1 saturated heterocycles. The second-order valence-electron chi connectivity index (χ2n) is 7.02. The summed E-state index contributed by atoms with van der Waals surface area (Å²) < 4.78 is 11.2. The summed E-state index contributed by atoms with van der Waals surface area (Å²) in [7, 11) is 0. The van der Waals surface area contributed by atoms with Crippen LogP contribution in [0.2, 0.25) is 0 Å². The van der Waals surface area contributed by atoms with Gasteiger partial charge >= 0.3 is 5.91 Å². The number of ether oxygens (including phenoxy) is 2. The largest absolute Gasteiger partial charge is 0.486 e. The quantitative estimate of drug-likeness (QED) is 0.691. The fourth-order valence-electron chi connectivity index (χ4n) is 3.85. The number of carbonyl (C=O) groups excluding carboxylic acids is 2. The monoisotopic (exact) mass is 382 g/mol. The Balaban J connectivity index is 1.32. The summed E-state index contributed by atoms with van der Waals surface area (Å²) in [6, 6.07) is 5.18. The maximum absolute atomic E-state index is 12.6. The second kappa shape index (κ2) is 6.75. The van der Waals surface area contributed by atoms with Gasteiger partial charge in [0.05, 0.1) is 37.4 Å². The number of nitrogens with one attached hydrogen (secondary N) is 1. The van der Waals surface area contributed by atoms with Crippen molar-refractivity contribution >= 4 is 23.3 Å². The fourth-order valence-corrected chi connectivity index (χ4v) is 3.85. The van der Waals surface area contributed by atoms with Crippen LogP contribution in [-0.2, 0) is 4.79 Å². The minimum atomic E-state index is -0.487. The topological polar surface area (TPSA) is 89.3 Å². The maximum Gasteiger partial charge on any atom is 0.303 e. The van der Waals surface area contributed by atoms with Gasteiger partial charge in [0.1, 0.15) is 13.2 Å². The van der Waals surface area contributed by atoms with Gasteiger partial charge in [0.25, 0.3) is 5.78 Å². The van der Waals surface area contributed by atoms with Gasteiger partial charge < -0.3 is 19.3 Å².